The lowest BCUT2D eigenvalue weighted by atomic mass is 10.2. The molecule has 0 aliphatic carbocycles. The van der Waals surface area contributed by atoms with Crippen LogP contribution in [0.4, 0.5) is 5.69 Å². The molecule has 1 aromatic heterocycles. The number of hydrogen-bond donors (Lipinski definition) is 1. The normalized spacial score (nSPS) is 10.8. The van der Waals surface area contributed by atoms with Crippen molar-refractivity contribution in [1.29, 1.82) is 0 Å². The topological polar surface area (TPSA) is 55.1 Å². The number of hydrogen-bond acceptors (Lipinski definition) is 3. The van der Waals surface area contributed by atoms with Crippen LogP contribution < -0.4 is 5.32 Å². The lowest BCUT2D eigenvalue weighted by Gasteiger charge is -2.05. The van der Waals surface area contributed by atoms with Gasteiger partial charge in [0.1, 0.15) is 5.52 Å². The zero-order valence-corrected chi connectivity index (χ0v) is 15.7. The molecule has 1 N–H and O–H groups in total. The van der Waals surface area contributed by atoms with E-state index in [1.807, 2.05) is 24.3 Å². The van der Waals surface area contributed by atoms with Gasteiger partial charge >= 0.3 is 0 Å². The van der Waals surface area contributed by atoms with Crippen molar-refractivity contribution in [3.63, 3.8) is 0 Å². The molecule has 1 amide bonds. The van der Waals surface area contributed by atoms with Crippen molar-refractivity contribution < 1.29 is 9.21 Å². The van der Waals surface area contributed by atoms with Gasteiger partial charge in [-0.15, -0.1) is 0 Å². The van der Waals surface area contributed by atoms with Gasteiger partial charge in [0.05, 0.1) is 0 Å². The summed E-state index contributed by atoms with van der Waals surface area (Å²) >= 11 is 9.38. The fraction of sp³-hybridized carbons (Fsp3) is 0. The van der Waals surface area contributed by atoms with Gasteiger partial charge < -0.3 is 9.73 Å². The number of anilines is 1. The number of nitrogens with one attached hydrogen (secondary N) is 1. The first-order valence-electron chi connectivity index (χ1n) is 7.82. The fourth-order valence-corrected chi connectivity index (χ4v) is 3.01. The summed E-state index contributed by atoms with van der Waals surface area (Å²) in [5, 5.41) is 3.49. The molecule has 128 valence electrons. The predicted octanol–water partition coefficient (Wildman–Crippen LogP) is 6.16. The summed E-state index contributed by atoms with van der Waals surface area (Å²) in [6.07, 6.45) is 0. The van der Waals surface area contributed by atoms with Crippen molar-refractivity contribution in [3.05, 3.63) is 81.8 Å². The van der Waals surface area contributed by atoms with E-state index in [0.29, 0.717) is 33.3 Å². The first kappa shape index (κ1) is 16.8. The Morgan fingerprint density at radius 1 is 1.04 bits per heavy atom. The Kier molecular flexibility index (Phi) is 4.49. The minimum absolute atomic E-state index is 0.185. The molecule has 4 nitrogen and oxygen atoms in total. The van der Waals surface area contributed by atoms with Crippen molar-refractivity contribution in [2.75, 3.05) is 5.32 Å². The van der Waals surface area contributed by atoms with Crippen LogP contribution in [0.25, 0.3) is 22.6 Å². The summed E-state index contributed by atoms with van der Waals surface area (Å²) in [7, 11) is 0. The average molecular weight is 428 g/mol. The molecule has 0 aliphatic heterocycles. The van der Waals surface area contributed by atoms with Crippen LogP contribution in [0.3, 0.4) is 0 Å². The molecule has 1 heterocycles. The number of halogens is 2. The number of amides is 1. The molecule has 0 saturated heterocycles. The minimum atomic E-state index is -0.185. The summed E-state index contributed by atoms with van der Waals surface area (Å²) in [4.78, 5) is 16.8. The minimum Gasteiger partial charge on any atom is -0.436 e. The van der Waals surface area contributed by atoms with E-state index in [1.54, 1.807) is 42.5 Å². The molecule has 0 atom stereocenters. The Bertz CT molecular complexity index is 1110. The van der Waals surface area contributed by atoms with Crippen molar-refractivity contribution in [2.24, 2.45) is 0 Å². The van der Waals surface area contributed by atoms with Crippen LogP contribution in [-0.4, -0.2) is 10.9 Å². The SMILES string of the molecule is O=C(Nc1ccc2oc(-c3cccc(Cl)c3)nc2c1)c1ccc(Br)cc1. The highest BCUT2D eigenvalue weighted by atomic mass is 79.9. The third-order valence-corrected chi connectivity index (χ3v) is 4.59. The number of oxazole rings is 1. The second-order valence-corrected chi connectivity index (χ2v) is 7.02. The number of aromatic nitrogens is 1. The zero-order chi connectivity index (χ0) is 18.1. The maximum absolute atomic E-state index is 12.3. The number of benzene rings is 3. The summed E-state index contributed by atoms with van der Waals surface area (Å²) in [6.45, 7) is 0. The van der Waals surface area contributed by atoms with Crippen LogP contribution in [0.5, 0.6) is 0 Å². The molecular formula is C20H12BrClN2O2. The molecule has 0 radical (unpaired) electrons. The number of nitrogens with zero attached hydrogens (tertiary/aromatic N) is 1. The van der Waals surface area contributed by atoms with E-state index in [2.05, 4.69) is 26.2 Å². The standard InChI is InChI=1S/C20H12BrClN2O2/c21-14-6-4-12(5-7-14)19(25)23-16-8-9-18-17(11-16)24-20(26-18)13-2-1-3-15(22)10-13/h1-11H,(H,23,25). The molecular weight excluding hydrogens is 416 g/mol. The number of carbonyl (C=O) groups excluding carboxylic acids is 1. The van der Waals surface area contributed by atoms with E-state index in [4.69, 9.17) is 16.0 Å². The van der Waals surface area contributed by atoms with E-state index in [0.717, 1.165) is 10.0 Å². The summed E-state index contributed by atoms with van der Waals surface area (Å²) in [5.74, 6) is 0.300. The second-order valence-electron chi connectivity index (χ2n) is 5.67. The molecule has 6 heteroatoms. The lowest BCUT2D eigenvalue weighted by Crippen LogP contribution is -2.11. The molecule has 0 aliphatic rings. The second kappa shape index (κ2) is 6.94. The molecule has 4 rings (SSSR count). The van der Waals surface area contributed by atoms with E-state index in [1.165, 1.54) is 0 Å². The Morgan fingerprint density at radius 3 is 2.62 bits per heavy atom. The highest BCUT2D eigenvalue weighted by Crippen LogP contribution is 2.27. The number of carbonyl (C=O) groups is 1. The summed E-state index contributed by atoms with van der Waals surface area (Å²) < 4.78 is 6.70. The monoisotopic (exact) mass is 426 g/mol. The molecule has 0 spiro atoms. The van der Waals surface area contributed by atoms with E-state index < -0.39 is 0 Å². The smallest absolute Gasteiger partial charge is 0.255 e. The average Bonchev–Trinajstić information content (AvgIpc) is 3.05. The Labute approximate surface area is 162 Å². The van der Waals surface area contributed by atoms with Gasteiger partial charge in [0.25, 0.3) is 5.91 Å². The van der Waals surface area contributed by atoms with Gasteiger partial charge in [0, 0.05) is 26.3 Å². The maximum atomic E-state index is 12.3. The molecule has 0 bridgehead atoms. The van der Waals surface area contributed by atoms with Crippen LogP contribution in [0, 0.1) is 0 Å². The highest BCUT2D eigenvalue weighted by Gasteiger charge is 2.11. The molecule has 26 heavy (non-hydrogen) atoms. The van der Waals surface area contributed by atoms with E-state index in [-0.39, 0.29) is 5.91 Å². The number of rotatable bonds is 3. The van der Waals surface area contributed by atoms with E-state index >= 15 is 0 Å². The van der Waals surface area contributed by atoms with Crippen LogP contribution in [0.2, 0.25) is 5.02 Å². The first-order valence-corrected chi connectivity index (χ1v) is 8.99. The van der Waals surface area contributed by atoms with Gasteiger partial charge in [-0.2, -0.15) is 0 Å². The van der Waals surface area contributed by atoms with Crippen LogP contribution >= 0.6 is 27.5 Å². The van der Waals surface area contributed by atoms with Gasteiger partial charge in [0.2, 0.25) is 5.89 Å². The molecule has 0 saturated carbocycles. The zero-order valence-electron chi connectivity index (χ0n) is 13.4. The van der Waals surface area contributed by atoms with Crippen LogP contribution in [0.1, 0.15) is 10.4 Å². The molecule has 3 aromatic carbocycles. The third-order valence-electron chi connectivity index (χ3n) is 3.82. The molecule has 0 unspecified atom stereocenters. The van der Waals surface area contributed by atoms with Crippen molar-refractivity contribution in [1.82, 2.24) is 4.98 Å². The van der Waals surface area contributed by atoms with Crippen LogP contribution in [0.15, 0.2) is 75.6 Å². The first-order chi connectivity index (χ1) is 12.6. The fourth-order valence-electron chi connectivity index (χ4n) is 2.55. The van der Waals surface area contributed by atoms with E-state index in [9.17, 15) is 4.79 Å². The summed E-state index contributed by atoms with van der Waals surface area (Å²) in [5.41, 5.74) is 3.33. The predicted molar refractivity (Wildman–Crippen MR) is 107 cm³/mol. The lowest BCUT2D eigenvalue weighted by molar-refractivity contribution is 0.102. The van der Waals surface area contributed by atoms with Crippen molar-refractivity contribution in [2.45, 2.75) is 0 Å². The molecule has 4 aromatic rings. The number of fused-ring (bicyclic) bond motifs is 1. The Balaban J connectivity index is 1.61. The van der Waals surface area contributed by atoms with Gasteiger partial charge in [0.15, 0.2) is 5.58 Å². The third kappa shape index (κ3) is 3.49. The quantitative estimate of drug-likeness (QED) is 0.426. The molecule has 0 fully saturated rings. The van der Waals surface area contributed by atoms with Crippen LogP contribution in [-0.2, 0) is 0 Å². The maximum Gasteiger partial charge on any atom is 0.255 e. The highest BCUT2D eigenvalue weighted by molar-refractivity contribution is 9.10. The Morgan fingerprint density at radius 2 is 1.85 bits per heavy atom. The van der Waals surface area contributed by atoms with Gasteiger partial charge in [-0.3, -0.25) is 4.79 Å². The van der Waals surface area contributed by atoms with Crippen molar-refractivity contribution in [3.8, 4) is 11.5 Å². The van der Waals surface area contributed by atoms with Crippen molar-refractivity contribution >= 4 is 50.2 Å². The van der Waals surface area contributed by atoms with Gasteiger partial charge in [-0.25, -0.2) is 4.98 Å². The van der Waals surface area contributed by atoms with Gasteiger partial charge in [-0.05, 0) is 60.7 Å². The van der Waals surface area contributed by atoms with Gasteiger partial charge in [-0.1, -0.05) is 33.6 Å². The summed E-state index contributed by atoms with van der Waals surface area (Å²) in [6, 6.07) is 19.8. The largest absolute Gasteiger partial charge is 0.436 e. The Hall–Kier alpha value is -2.63.